The van der Waals surface area contributed by atoms with Crippen LogP contribution in [0.3, 0.4) is 0 Å². The van der Waals surface area contributed by atoms with Gasteiger partial charge in [0, 0.05) is 19.6 Å². The summed E-state index contributed by atoms with van der Waals surface area (Å²) in [5, 5.41) is 0. The van der Waals surface area contributed by atoms with Crippen LogP contribution in [0.2, 0.25) is 0 Å². The molecule has 0 aliphatic heterocycles. The maximum Gasteiger partial charge on any atom is 0.374 e. The number of hydrogen-bond acceptors (Lipinski definition) is 5. The van der Waals surface area contributed by atoms with Crippen molar-refractivity contribution in [3.8, 4) is 0 Å². The molecular weight excluding hydrogens is 260 g/mol. The first-order valence-electron chi connectivity index (χ1n) is 7.54. The lowest BCUT2D eigenvalue weighted by Gasteiger charge is -2.17. The molecule has 0 N–H and O–H groups in total. The third kappa shape index (κ3) is 9.92. The molecule has 0 aromatic rings. The number of carbonyl (C=O) groups is 2. The normalized spacial score (nSPS) is 12.2. The van der Waals surface area contributed by atoms with Gasteiger partial charge in [-0.25, -0.2) is 4.79 Å². The largest absolute Gasteiger partial charge is 0.457 e. The van der Waals surface area contributed by atoms with Crippen molar-refractivity contribution >= 4 is 11.8 Å². The van der Waals surface area contributed by atoms with Crippen LogP contribution in [-0.4, -0.2) is 44.3 Å². The number of hydrogen-bond donors (Lipinski definition) is 0. The molecule has 0 rings (SSSR count). The predicted molar refractivity (Wildman–Crippen MR) is 76.6 cm³/mol. The zero-order valence-electron chi connectivity index (χ0n) is 13.0. The van der Waals surface area contributed by atoms with Gasteiger partial charge in [0.1, 0.15) is 12.7 Å². The second-order valence-electron chi connectivity index (χ2n) is 4.65. The highest BCUT2D eigenvalue weighted by Gasteiger charge is 2.17. The molecule has 0 heterocycles. The first-order chi connectivity index (χ1) is 9.65. The van der Waals surface area contributed by atoms with Gasteiger partial charge in [-0.05, 0) is 12.8 Å². The summed E-state index contributed by atoms with van der Waals surface area (Å²) in [5.74, 6) is -1.30. The van der Waals surface area contributed by atoms with Crippen LogP contribution >= 0.6 is 0 Å². The Kier molecular flexibility index (Phi) is 12.4. The lowest BCUT2D eigenvalue weighted by molar-refractivity contribution is -0.158. The minimum Gasteiger partial charge on any atom is -0.457 e. The van der Waals surface area contributed by atoms with E-state index in [1.807, 2.05) is 0 Å². The van der Waals surface area contributed by atoms with Crippen molar-refractivity contribution in [2.75, 3.05) is 26.4 Å². The SMILES string of the molecule is CCCCOCC(COC(=O)C(=O)CC)OCCCC. The van der Waals surface area contributed by atoms with E-state index in [0.717, 1.165) is 25.7 Å². The van der Waals surface area contributed by atoms with E-state index in [1.54, 1.807) is 6.92 Å². The highest BCUT2D eigenvalue weighted by Crippen LogP contribution is 2.01. The minimum absolute atomic E-state index is 0.0699. The number of Topliss-reactive ketones (excluding diaryl/α,β-unsaturated/α-hetero) is 1. The van der Waals surface area contributed by atoms with Crippen molar-refractivity contribution in [2.45, 2.75) is 59.0 Å². The highest BCUT2D eigenvalue weighted by molar-refractivity contribution is 6.33. The Morgan fingerprint density at radius 2 is 1.60 bits per heavy atom. The van der Waals surface area contributed by atoms with Crippen molar-refractivity contribution in [3.05, 3.63) is 0 Å². The Labute approximate surface area is 122 Å². The van der Waals surface area contributed by atoms with Gasteiger partial charge in [0.25, 0.3) is 0 Å². The molecule has 0 amide bonds. The maximum absolute atomic E-state index is 11.3. The second kappa shape index (κ2) is 13.1. The number of ketones is 1. The summed E-state index contributed by atoms with van der Waals surface area (Å²) >= 11 is 0. The molecule has 0 saturated heterocycles. The monoisotopic (exact) mass is 288 g/mol. The summed E-state index contributed by atoms with van der Waals surface area (Å²) in [6, 6.07) is 0. The van der Waals surface area contributed by atoms with Gasteiger partial charge in [-0.3, -0.25) is 4.79 Å². The lowest BCUT2D eigenvalue weighted by atomic mass is 10.3. The zero-order chi connectivity index (χ0) is 15.2. The summed E-state index contributed by atoms with van der Waals surface area (Å²) in [6.45, 7) is 7.54. The van der Waals surface area contributed by atoms with Crippen molar-refractivity contribution < 1.29 is 23.8 Å². The number of carbonyl (C=O) groups excluding carboxylic acids is 2. The lowest BCUT2D eigenvalue weighted by Crippen LogP contribution is -2.29. The topological polar surface area (TPSA) is 61.8 Å². The van der Waals surface area contributed by atoms with Crippen LogP contribution in [0.5, 0.6) is 0 Å². The van der Waals surface area contributed by atoms with Crippen molar-refractivity contribution in [3.63, 3.8) is 0 Å². The predicted octanol–water partition coefficient (Wildman–Crippen LogP) is 2.51. The molecule has 0 bridgehead atoms. The molecule has 0 saturated carbocycles. The first-order valence-corrected chi connectivity index (χ1v) is 7.54. The third-order valence-electron chi connectivity index (χ3n) is 2.75. The Morgan fingerprint density at radius 1 is 0.950 bits per heavy atom. The molecule has 0 spiro atoms. The number of ether oxygens (including phenoxy) is 3. The Morgan fingerprint density at radius 3 is 2.20 bits per heavy atom. The zero-order valence-corrected chi connectivity index (χ0v) is 13.0. The highest BCUT2D eigenvalue weighted by atomic mass is 16.6. The van der Waals surface area contributed by atoms with E-state index in [4.69, 9.17) is 14.2 Å². The molecule has 0 radical (unpaired) electrons. The molecule has 118 valence electrons. The van der Waals surface area contributed by atoms with E-state index in [1.165, 1.54) is 0 Å². The van der Waals surface area contributed by atoms with Gasteiger partial charge in [-0.1, -0.05) is 33.6 Å². The van der Waals surface area contributed by atoms with E-state index in [-0.39, 0.29) is 19.1 Å². The van der Waals surface area contributed by atoms with Crippen LogP contribution in [0.4, 0.5) is 0 Å². The molecule has 5 heteroatoms. The summed E-state index contributed by atoms with van der Waals surface area (Å²) < 4.78 is 16.0. The minimum atomic E-state index is -0.787. The van der Waals surface area contributed by atoms with Crippen LogP contribution in [0.15, 0.2) is 0 Å². The second-order valence-corrected chi connectivity index (χ2v) is 4.65. The summed E-state index contributed by atoms with van der Waals surface area (Å²) in [7, 11) is 0. The van der Waals surface area contributed by atoms with Gasteiger partial charge < -0.3 is 14.2 Å². The van der Waals surface area contributed by atoms with E-state index in [0.29, 0.717) is 19.8 Å². The van der Waals surface area contributed by atoms with E-state index >= 15 is 0 Å². The Bertz CT molecular complexity index is 265. The van der Waals surface area contributed by atoms with Gasteiger partial charge >= 0.3 is 5.97 Å². The first kappa shape index (κ1) is 19.1. The quantitative estimate of drug-likeness (QED) is 0.296. The van der Waals surface area contributed by atoms with Gasteiger partial charge in [0.2, 0.25) is 5.78 Å². The molecule has 0 aliphatic carbocycles. The fourth-order valence-corrected chi connectivity index (χ4v) is 1.39. The molecule has 0 aliphatic rings. The summed E-state index contributed by atoms with van der Waals surface area (Å²) in [5.41, 5.74) is 0. The van der Waals surface area contributed by atoms with E-state index in [2.05, 4.69) is 13.8 Å². The standard InChI is InChI=1S/C15H28O5/c1-4-7-9-18-11-13(19-10-8-5-2)12-20-15(17)14(16)6-3/h13H,4-12H2,1-3H3. The average Bonchev–Trinajstić information content (AvgIpc) is 2.47. The fraction of sp³-hybridized carbons (Fsp3) is 0.867. The molecule has 0 fully saturated rings. The Balaban J connectivity index is 4.02. The molecule has 5 nitrogen and oxygen atoms in total. The maximum atomic E-state index is 11.3. The molecule has 1 unspecified atom stereocenters. The van der Waals surface area contributed by atoms with Gasteiger partial charge in [-0.15, -0.1) is 0 Å². The summed E-state index contributed by atoms with van der Waals surface area (Å²) in [4.78, 5) is 22.5. The number of unbranched alkanes of at least 4 members (excludes halogenated alkanes) is 2. The van der Waals surface area contributed by atoms with Gasteiger partial charge in [-0.2, -0.15) is 0 Å². The fourth-order valence-electron chi connectivity index (χ4n) is 1.39. The third-order valence-corrected chi connectivity index (χ3v) is 2.75. The van der Waals surface area contributed by atoms with E-state index in [9.17, 15) is 9.59 Å². The molecular formula is C15H28O5. The number of esters is 1. The van der Waals surface area contributed by atoms with Crippen LogP contribution in [0, 0.1) is 0 Å². The summed E-state index contributed by atoms with van der Waals surface area (Å²) in [6.07, 6.45) is 3.92. The number of rotatable bonds is 13. The van der Waals surface area contributed by atoms with Crippen molar-refractivity contribution in [1.82, 2.24) is 0 Å². The van der Waals surface area contributed by atoms with E-state index < -0.39 is 11.8 Å². The van der Waals surface area contributed by atoms with Crippen molar-refractivity contribution in [2.24, 2.45) is 0 Å². The molecule has 1 atom stereocenters. The molecule has 20 heavy (non-hydrogen) atoms. The van der Waals surface area contributed by atoms with Crippen LogP contribution in [0.25, 0.3) is 0 Å². The smallest absolute Gasteiger partial charge is 0.374 e. The van der Waals surface area contributed by atoms with Crippen molar-refractivity contribution in [1.29, 1.82) is 0 Å². The van der Waals surface area contributed by atoms with Gasteiger partial charge in [0.05, 0.1) is 6.61 Å². The van der Waals surface area contributed by atoms with Gasteiger partial charge in [0.15, 0.2) is 0 Å². The molecule has 0 aromatic carbocycles. The van der Waals surface area contributed by atoms with Crippen LogP contribution < -0.4 is 0 Å². The Hall–Kier alpha value is -0.940. The van der Waals surface area contributed by atoms with Crippen LogP contribution in [-0.2, 0) is 23.8 Å². The average molecular weight is 288 g/mol. The van der Waals surface area contributed by atoms with Crippen LogP contribution in [0.1, 0.15) is 52.9 Å². The molecule has 0 aromatic heterocycles.